The van der Waals surface area contributed by atoms with E-state index in [0.717, 1.165) is 38.6 Å². The molecule has 0 radical (unpaired) electrons. The van der Waals surface area contributed by atoms with E-state index in [2.05, 4.69) is 36.6 Å². The van der Waals surface area contributed by atoms with Crippen molar-refractivity contribution in [2.24, 2.45) is 4.99 Å². The third kappa shape index (κ3) is 3.93. The summed E-state index contributed by atoms with van der Waals surface area (Å²) in [5.41, 5.74) is 4.73. The number of anilines is 2. The third-order valence-corrected chi connectivity index (χ3v) is 7.27. The van der Waals surface area contributed by atoms with Gasteiger partial charge in [-0.3, -0.25) is 4.79 Å². The summed E-state index contributed by atoms with van der Waals surface area (Å²) in [5.74, 6) is 0.761. The number of ether oxygens (including phenoxy) is 1. The molecule has 1 aromatic heterocycles. The Morgan fingerprint density at radius 3 is 2.79 bits per heavy atom. The number of carbonyl (C=O) groups excluding carboxylic acids is 1. The Morgan fingerprint density at radius 1 is 1.21 bits per heavy atom. The van der Waals surface area contributed by atoms with Crippen LogP contribution in [0, 0.1) is 0 Å². The van der Waals surface area contributed by atoms with Crippen molar-refractivity contribution in [2.75, 3.05) is 17.2 Å². The van der Waals surface area contributed by atoms with Crippen LogP contribution in [0.4, 0.5) is 17.1 Å². The summed E-state index contributed by atoms with van der Waals surface area (Å²) in [4.78, 5) is 17.6. The molecule has 0 fully saturated rings. The van der Waals surface area contributed by atoms with E-state index in [0.29, 0.717) is 6.61 Å². The summed E-state index contributed by atoms with van der Waals surface area (Å²) in [6.45, 7) is 8.50. The lowest BCUT2D eigenvalue weighted by molar-refractivity contribution is -0.114. The van der Waals surface area contributed by atoms with Gasteiger partial charge in [-0.05, 0) is 57.2 Å². The predicted octanol–water partition coefficient (Wildman–Crippen LogP) is 5.73. The van der Waals surface area contributed by atoms with Gasteiger partial charge in [-0.1, -0.05) is 26.7 Å². The Hall–Kier alpha value is -2.64. The quantitative estimate of drug-likeness (QED) is 0.525. The zero-order valence-corrected chi connectivity index (χ0v) is 18.5. The Balaban J connectivity index is 1.87. The van der Waals surface area contributed by atoms with Gasteiger partial charge in [0.25, 0.3) is 0 Å². The highest BCUT2D eigenvalue weighted by atomic mass is 32.9. The molecule has 0 bridgehead atoms. The molecular weight excluding hydrogens is 402 g/mol. The number of hydrogen-bond donors (Lipinski definition) is 2. The van der Waals surface area contributed by atoms with E-state index >= 15 is 0 Å². The van der Waals surface area contributed by atoms with Crippen LogP contribution in [0.25, 0.3) is 11.1 Å². The molecule has 5 nitrogen and oxygen atoms in total. The third-order valence-electron chi connectivity index (χ3n) is 4.63. The predicted molar refractivity (Wildman–Crippen MR) is 121 cm³/mol. The van der Waals surface area contributed by atoms with E-state index in [1.54, 1.807) is 20.7 Å². The van der Waals surface area contributed by atoms with Crippen LogP contribution in [0.2, 0.25) is 0 Å². The standard InChI is InChI=1S/C22H23N3O2S2/c1-5-27-16-9-10-18-17(12-16)19-20(22(3,4)25-18)28-29-21(19)24-15-8-6-7-14(11-15)23-13(2)26/h6-12,25H,5H2,1-4H3,(H,23,26). The normalized spacial score (nSPS) is 14.6. The lowest BCUT2D eigenvalue weighted by Crippen LogP contribution is -2.31. The van der Waals surface area contributed by atoms with Gasteiger partial charge < -0.3 is 15.4 Å². The second kappa shape index (κ2) is 7.65. The van der Waals surface area contributed by atoms with E-state index in [4.69, 9.17) is 9.73 Å². The molecule has 150 valence electrons. The van der Waals surface area contributed by atoms with Gasteiger partial charge in [-0.2, -0.15) is 0 Å². The van der Waals surface area contributed by atoms with Gasteiger partial charge in [0.1, 0.15) is 10.4 Å². The minimum absolute atomic E-state index is 0.0944. The summed E-state index contributed by atoms with van der Waals surface area (Å²) in [6, 6.07) is 13.8. The number of amides is 1. The first-order valence-corrected chi connectivity index (χ1v) is 11.6. The molecule has 1 aliphatic heterocycles. The van der Waals surface area contributed by atoms with Gasteiger partial charge in [0.15, 0.2) is 0 Å². The number of carbonyl (C=O) groups is 1. The maximum Gasteiger partial charge on any atom is 0.221 e. The van der Waals surface area contributed by atoms with Crippen LogP contribution in [0.1, 0.15) is 32.6 Å². The molecule has 1 aliphatic rings. The molecule has 0 saturated heterocycles. The Labute approximate surface area is 177 Å². The zero-order valence-electron chi connectivity index (χ0n) is 16.8. The van der Waals surface area contributed by atoms with Crippen LogP contribution in [0.3, 0.4) is 0 Å². The largest absolute Gasteiger partial charge is 0.494 e. The van der Waals surface area contributed by atoms with Crippen LogP contribution in [-0.2, 0) is 10.3 Å². The van der Waals surface area contributed by atoms with E-state index in [1.807, 2.05) is 37.3 Å². The highest BCUT2D eigenvalue weighted by Crippen LogP contribution is 2.46. The Bertz CT molecular complexity index is 1140. The van der Waals surface area contributed by atoms with E-state index in [9.17, 15) is 4.79 Å². The zero-order chi connectivity index (χ0) is 20.6. The van der Waals surface area contributed by atoms with Crippen molar-refractivity contribution in [3.63, 3.8) is 0 Å². The van der Waals surface area contributed by atoms with Gasteiger partial charge in [0.05, 0.1) is 22.7 Å². The lowest BCUT2D eigenvalue weighted by atomic mass is 9.90. The highest BCUT2D eigenvalue weighted by Gasteiger charge is 2.33. The van der Waals surface area contributed by atoms with Gasteiger partial charge >= 0.3 is 0 Å². The smallest absolute Gasteiger partial charge is 0.221 e. The molecule has 0 spiro atoms. The molecule has 1 amide bonds. The number of nitrogens with one attached hydrogen (secondary N) is 2. The molecule has 0 aliphatic carbocycles. The topological polar surface area (TPSA) is 62.7 Å². The number of benzene rings is 2. The summed E-state index contributed by atoms with van der Waals surface area (Å²) in [7, 11) is 3.42. The van der Waals surface area contributed by atoms with Crippen LogP contribution in [-0.4, -0.2) is 12.5 Å². The number of nitrogens with zero attached hydrogens (tertiary/aromatic N) is 1. The van der Waals surface area contributed by atoms with Crippen LogP contribution in [0.15, 0.2) is 47.5 Å². The molecular formula is C22H23N3O2S2. The van der Waals surface area contributed by atoms with Gasteiger partial charge in [0.2, 0.25) is 5.91 Å². The average molecular weight is 426 g/mol. The molecule has 4 rings (SSSR count). The van der Waals surface area contributed by atoms with Crippen molar-refractivity contribution in [3.05, 3.63) is 52.0 Å². The van der Waals surface area contributed by atoms with Crippen molar-refractivity contribution < 1.29 is 9.53 Å². The minimum atomic E-state index is -0.178. The second-order valence-electron chi connectivity index (χ2n) is 7.41. The summed E-state index contributed by atoms with van der Waals surface area (Å²) in [5, 5.41) is 6.46. The number of hydrogen-bond acceptors (Lipinski definition) is 6. The summed E-state index contributed by atoms with van der Waals surface area (Å²) < 4.78 is 6.70. The first-order chi connectivity index (χ1) is 13.9. The molecule has 0 saturated carbocycles. The first kappa shape index (κ1) is 19.7. The van der Waals surface area contributed by atoms with Crippen molar-refractivity contribution in [2.45, 2.75) is 33.2 Å². The first-order valence-electron chi connectivity index (χ1n) is 9.49. The van der Waals surface area contributed by atoms with Gasteiger partial charge in [-0.25, -0.2) is 4.99 Å². The van der Waals surface area contributed by atoms with Crippen molar-refractivity contribution in [1.82, 2.24) is 0 Å². The molecule has 29 heavy (non-hydrogen) atoms. The molecule has 3 aromatic rings. The maximum atomic E-state index is 11.4. The minimum Gasteiger partial charge on any atom is -0.494 e. The lowest BCUT2D eigenvalue weighted by Gasteiger charge is -2.33. The summed E-state index contributed by atoms with van der Waals surface area (Å²) >= 11 is 0. The van der Waals surface area contributed by atoms with Crippen molar-refractivity contribution in [3.8, 4) is 16.9 Å². The van der Waals surface area contributed by atoms with Crippen molar-refractivity contribution >= 4 is 43.7 Å². The number of rotatable bonds is 4. The fraction of sp³-hybridized carbons (Fsp3) is 0.273. The van der Waals surface area contributed by atoms with E-state index < -0.39 is 0 Å². The van der Waals surface area contributed by atoms with E-state index in [1.165, 1.54) is 11.8 Å². The van der Waals surface area contributed by atoms with Gasteiger partial charge in [0, 0.05) is 29.4 Å². The molecule has 2 aromatic carbocycles. The Kier molecular flexibility index (Phi) is 5.19. The molecule has 0 atom stereocenters. The molecule has 7 heteroatoms. The fourth-order valence-electron chi connectivity index (χ4n) is 3.45. The number of fused-ring (bicyclic) bond motifs is 3. The van der Waals surface area contributed by atoms with E-state index in [-0.39, 0.29) is 11.4 Å². The van der Waals surface area contributed by atoms with Crippen molar-refractivity contribution in [1.29, 1.82) is 0 Å². The van der Waals surface area contributed by atoms with Crippen LogP contribution < -0.4 is 20.0 Å². The van der Waals surface area contributed by atoms with Crippen LogP contribution in [0.5, 0.6) is 5.75 Å². The van der Waals surface area contributed by atoms with Crippen LogP contribution >= 0.6 is 20.7 Å². The highest BCUT2D eigenvalue weighted by molar-refractivity contribution is 7.68. The molecule has 0 unspecified atom stereocenters. The maximum absolute atomic E-state index is 11.4. The monoisotopic (exact) mass is 425 g/mol. The molecule has 2 N–H and O–H groups in total. The second-order valence-corrected chi connectivity index (χ2v) is 9.54. The average Bonchev–Trinajstić information content (AvgIpc) is 3.07. The fourth-order valence-corrected chi connectivity index (χ4v) is 6.39. The molecule has 2 heterocycles. The van der Waals surface area contributed by atoms with Gasteiger partial charge in [-0.15, -0.1) is 0 Å². The Morgan fingerprint density at radius 2 is 2.03 bits per heavy atom. The summed E-state index contributed by atoms with van der Waals surface area (Å²) in [6.07, 6.45) is 0. The SMILES string of the molecule is CCOc1ccc2c(c1)-c1c(ssc1=Nc1cccc(NC(C)=O)c1)C(C)(C)N2.